The molecule has 3 N–H and O–H groups in total. The Morgan fingerprint density at radius 3 is 2.37 bits per heavy atom. The smallest absolute Gasteiger partial charge is 0.146 e. The number of aromatic nitrogens is 2. The number of rotatable bonds is 7. The molecule has 3 aromatic carbocycles. The van der Waals surface area contributed by atoms with E-state index in [1.165, 1.54) is 11.1 Å². The van der Waals surface area contributed by atoms with Crippen LogP contribution in [0.2, 0.25) is 0 Å². The van der Waals surface area contributed by atoms with Crippen molar-refractivity contribution in [2.45, 2.75) is 39.2 Å². The highest BCUT2D eigenvalue weighted by atomic mass is 19.1. The van der Waals surface area contributed by atoms with E-state index < -0.39 is 0 Å². The van der Waals surface area contributed by atoms with E-state index in [0.29, 0.717) is 11.5 Å². The molecule has 0 spiro atoms. The summed E-state index contributed by atoms with van der Waals surface area (Å²) in [4.78, 5) is 9.09. The van der Waals surface area contributed by atoms with Crippen molar-refractivity contribution in [1.82, 2.24) is 9.97 Å². The Hall–Kier alpha value is -3.93. The van der Waals surface area contributed by atoms with Crippen LogP contribution < -0.4 is 16.0 Å². The van der Waals surface area contributed by atoms with E-state index >= 15 is 0 Å². The van der Waals surface area contributed by atoms with Gasteiger partial charge in [-0.25, -0.2) is 14.4 Å². The predicted molar refractivity (Wildman–Crippen MR) is 142 cm³/mol. The van der Waals surface area contributed by atoms with Crippen molar-refractivity contribution in [1.29, 1.82) is 0 Å². The summed E-state index contributed by atoms with van der Waals surface area (Å²) in [6.07, 6.45) is 0.873. The van der Waals surface area contributed by atoms with Crippen molar-refractivity contribution in [2.75, 3.05) is 22.5 Å². The van der Waals surface area contributed by atoms with Gasteiger partial charge in [-0.05, 0) is 67.6 Å². The van der Waals surface area contributed by atoms with Gasteiger partial charge < -0.3 is 16.0 Å². The average Bonchev–Trinajstić information content (AvgIpc) is 3.19. The van der Waals surface area contributed by atoms with E-state index in [1.807, 2.05) is 37.3 Å². The Balaban J connectivity index is 1.24. The van der Waals surface area contributed by atoms with Crippen molar-refractivity contribution in [3.05, 3.63) is 95.6 Å². The lowest BCUT2D eigenvalue weighted by Crippen LogP contribution is -2.19. The average molecular weight is 468 g/mol. The van der Waals surface area contributed by atoms with Gasteiger partial charge in [0, 0.05) is 30.3 Å². The second kappa shape index (κ2) is 9.74. The van der Waals surface area contributed by atoms with Gasteiger partial charge in [-0.1, -0.05) is 48.5 Å². The molecule has 1 aliphatic rings. The molecule has 35 heavy (non-hydrogen) atoms. The molecule has 2 atom stereocenters. The molecule has 0 saturated heterocycles. The maximum Gasteiger partial charge on any atom is 0.146 e. The van der Waals surface area contributed by atoms with Gasteiger partial charge in [0.2, 0.25) is 0 Å². The molecular formula is C29H30FN5. The molecule has 5 rings (SSSR count). The molecule has 2 heterocycles. The number of nitrogens with one attached hydrogen (secondary N) is 3. The van der Waals surface area contributed by atoms with Gasteiger partial charge in [-0.3, -0.25) is 0 Å². The van der Waals surface area contributed by atoms with Crippen LogP contribution in [0.1, 0.15) is 36.2 Å². The van der Waals surface area contributed by atoms with Crippen LogP contribution in [-0.2, 0) is 0 Å². The standard InChI is InChI=1S/C29H30FN5/c1-18-9-14-25(30)29-28(18)24(19(2)32-29)15-16-31-26-17-27(34-20(3)33-26)35-23-12-10-22(11-13-23)21-7-5-4-6-8-21/h4-14,17,19,24,32H,15-16H2,1-3H3,(H2,31,33,34,35). The molecule has 0 amide bonds. The van der Waals surface area contributed by atoms with Crippen LogP contribution in [0, 0.1) is 19.7 Å². The van der Waals surface area contributed by atoms with Crippen LogP contribution >= 0.6 is 0 Å². The number of aryl methyl sites for hydroxylation is 2. The van der Waals surface area contributed by atoms with Crippen molar-refractivity contribution in [3.8, 4) is 11.1 Å². The molecule has 1 aliphatic heterocycles. The molecule has 178 valence electrons. The maximum absolute atomic E-state index is 14.3. The van der Waals surface area contributed by atoms with E-state index in [9.17, 15) is 4.39 Å². The quantitative estimate of drug-likeness (QED) is 0.272. The molecule has 0 radical (unpaired) electrons. The van der Waals surface area contributed by atoms with Gasteiger partial charge >= 0.3 is 0 Å². The molecule has 0 aliphatic carbocycles. The minimum Gasteiger partial charge on any atom is -0.379 e. The molecule has 5 nitrogen and oxygen atoms in total. The first-order valence-corrected chi connectivity index (χ1v) is 12.1. The Labute approximate surface area is 205 Å². The van der Waals surface area contributed by atoms with Crippen molar-refractivity contribution >= 4 is 23.0 Å². The monoisotopic (exact) mass is 467 g/mol. The van der Waals surface area contributed by atoms with Gasteiger partial charge in [0.1, 0.15) is 23.3 Å². The SMILES string of the molecule is Cc1nc(NCCC2c3c(C)ccc(F)c3NC2C)cc(Nc2ccc(-c3ccccc3)cc2)n1. The molecular weight excluding hydrogens is 437 g/mol. The van der Waals surface area contributed by atoms with E-state index in [4.69, 9.17) is 0 Å². The number of fused-ring (bicyclic) bond motifs is 1. The van der Waals surface area contributed by atoms with Gasteiger partial charge in [0.25, 0.3) is 0 Å². The summed E-state index contributed by atoms with van der Waals surface area (Å²) < 4.78 is 14.3. The normalized spacial score (nSPS) is 16.5. The van der Waals surface area contributed by atoms with Crippen LogP contribution in [0.15, 0.2) is 72.8 Å². The van der Waals surface area contributed by atoms with Crippen molar-refractivity contribution in [2.24, 2.45) is 0 Å². The van der Waals surface area contributed by atoms with Crippen LogP contribution in [0.5, 0.6) is 0 Å². The summed E-state index contributed by atoms with van der Waals surface area (Å²) in [6, 6.07) is 24.2. The first-order chi connectivity index (χ1) is 17.0. The fourth-order valence-electron chi connectivity index (χ4n) is 4.90. The minimum absolute atomic E-state index is 0.174. The molecule has 6 heteroatoms. The Morgan fingerprint density at radius 1 is 0.886 bits per heavy atom. The topological polar surface area (TPSA) is 61.9 Å². The molecule has 2 unspecified atom stereocenters. The summed E-state index contributed by atoms with van der Waals surface area (Å²) >= 11 is 0. The zero-order valence-electron chi connectivity index (χ0n) is 20.3. The Kier molecular flexibility index (Phi) is 6.36. The van der Waals surface area contributed by atoms with Crippen LogP contribution in [0.25, 0.3) is 11.1 Å². The summed E-state index contributed by atoms with van der Waals surface area (Å²) in [7, 11) is 0. The fourth-order valence-corrected chi connectivity index (χ4v) is 4.90. The number of halogens is 1. The number of nitrogens with zero attached hydrogens (tertiary/aromatic N) is 2. The van der Waals surface area contributed by atoms with E-state index in [2.05, 4.69) is 76.2 Å². The number of hydrogen-bond donors (Lipinski definition) is 3. The number of hydrogen-bond acceptors (Lipinski definition) is 5. The van der Waals surface area contributed by atoms with Crippen molar-refractivity contribution in [3.63, 3.8) is 0 Å². The lowest BCUT2D eigenvalue weighted by Gasteiger charge is -2.18. The second-order valence-corrected chi connectivity index (χ2v) is 9.16. The third-order valence-corrected chi connectivity index (χ3v) is 6.62. The first kappa shape index (κ1) is 22.8. The fraction of sp³-hybridized carbons (Fsp3) is 0.241. The molecule has 1 aromatic heterocycles. The van der Waals surface area contributed by atoms with E-state index in [-0.39, 0.29) is 17.8 Å². The van der Waals surface area contributed by atoms with Gasteiger partial charge in [0.15, 0.2) is 0 Å². The lowest BCUT2D eigenvalue weighted by atomic mass is 9.89. The third kappa shape index (κ3) is 4.97. The van der Waals surface area contributed by atoms with Crippen LogP contribution in [0.3, 0.4) is 0 Å². The van der Waals surface area contributed by atoms with Crippen molar-refractivity contribution < 1.29 is 4.39 Å². The molecule has 0 saturated carbocycles. The highest BCUT2D eigenvalue weighted by Crippen LogP contribution is 2.41. The third-order valence-electron chi connectivity index (χ3n) is 6.62. The van der Waals surface area contributed by atoms with Gasteiger partial charge in [-0.15, -0.1) is 0 Å². The summed E-state index contributed by atoms with van der Waals surface area (Å²) in [6.45, 7) is 6.79. The summed E-state index contributed by atoms with van der Waals surface area (Å²) in [5.41, 5.74) is 6.21. The van der Waals surface area contributed by atoms with Crippen LogP contribution in [-0.4, -0.2) is 22.6 Å². The largest absolute Gasteiger partial charge is 0.379 e. The molecule has 0 bridgehead atoms. The lowest BCUT2D eigenvalue weighted by molar-refractivity contribution is 0.596. The summed E-state index contributed by atoms with van der Waals surface area (Å²) in [5, 5.41) is 10.2. The Morgan fingerprint density at radius 2 is 1.60 bits per heavy atom. The highest BCUT2D eigenvalue weighted by molar-refractivity contribution is 5.68. The zero-order valence-corrected chi connectivity index (χ0v) is 20.3. The van der Waals surface area contributed by atoms with Crippen LogP contribution in [0.4, 0.5) is 27.4 Å². The van der Waals surface area contributed by atoms with Gasteiger partial charge in [-0.2, -0.15) is 0 Å². The maximum atomic E-state index is 14.3. The number of benzene rings is 3. The van der Waals surface area contributed by atoms with Gasteiger partial charge in [0.05, 0.1) is 5.69 Å². The zero-order chi connectivity index (χ0) is 24.4. The Bertz CT molecular complexity index is 1320. The number of anilines is 4. The van der Waals surface area contributed by atoms with E-state index in [1.54, 1.807) is 6.07 Å². The highest BCUT2D eigenvalue weighted by Gasteiger charge is 2.32. The molecule has 0 fully saturated rings. The first-order valence-electron chi connectivity index (χ1n) is 12.1. The summed E-state index contributed by atoms with van der Waals surface area (Å²) in [5.74, 6) is 2.28. The molecule has 4 aromatic rings. The second-order valence-electron chi connectivity index (χ2n) is 9.16. The van der Waals surface area contributed by atoms with E-state index in [0.717, 1.165) is 41.4 Å². The minimum atomic E-state index is -0.174. The predicted octanol–water partition coefficient (Wildman–Crippen LogP) is 7.04.